The van der Waals surface area contributed by atoms with Gasteiger partial charge in [-0.2, -0.15) is 15.0 Å². The van der Waals surface area contributed by atoms with Crippen LogP contribution in [0.15, 0.2) is 24.3 Å². The molecule has 1 aromatic carbocycles. The molecule has 1 aromatic heterocycles. The van der Waals surface area contributed by atoms with Gasteiger partial charge in [0.1, 0.15) is 0 Å². The fraction of sp³-hybridized carbons (Fsp3) is 0.182. The van der Waals surface area contributed by atoms with Crippen LogP contribution < -0.4 is 21.3 Å². The molecule has 0 radical (unpaired) electrons. The smallest absolute Gasteiger partial charge is 0.323 e. The number of hydrazine groups is 1. The van der Waals surface area contributed by atoms with Crippen LogP contribution in [0.1, 0.15) is 6.92 Å². The van der Waals surface area contributed by atoms with Crippen LogP contribution in [0, 0.1) is 3.57 Å². The Labute approximate surface area is 124 Å². The van der Waals surface area contributed by atoms with Gasteiger partial charge in [0.05, 0.1) is 6.61 Å². The summed E-state index contributed by atoms with van der Waals surface area (Å²) < 4.78 is 6.36. The second kappa shape index (κ2) is 6.48. The standard InChI is InChI=1S/C11H13IN6O/c1-2-19-11-16-9(15-10(17-11)18-13)14-8-5-3-4-7(12)6-8/h3-6H,2,13H2,1H3,(H2,14,15,16,17,18). The molecule has 4 N–H and O–H groups in total. The zero-order valence-electron chi connectivity index (χ0n) is 10.2. The molecule has 0 bridgehead atoms. The lowest BCUT2D eigenvalue weighted by atomic mass is 10.3. The Morgan fingerprint density at radius 2 is 2.05 bits per heavy atom. The number of rotatable bonds is 5. The average molecular weight is 372 g/mol. The topological polar surface area (TPSA) is 98.0 Å². The minimum atomic E-state index is 0.221. The van der Waals surface area contributed by atoms with Gasteiger partial charge in [0.15, 0.2) is 0 Å². The van der Waals surface area contributed by atoms with Gasteiger partial charge in [0, 0.05) is 9.26 Å². The van der Waals surface area contributed by atoms with E-state index in [2.05, 4.69) is 48.3 Å². The van der Waals surface area contributed by atoms with E-state index >= 15 is 0 Å². The summed E-state index contributed by atoms with van der Waals surface area (Å²) in [5.74, 6) is 5.93. The molecule has 8 heteroatoms. The minimum absolute atomic E-state index is 0.221. The summed E-state index contributed by atoms with van der Waals surface area (Å²) in [6, 6.07) is 8.05. The van der Waals surface area contributed by atoms with Crippen molar-refractivity contribution in [2.45, 2.75) is 6.92 Å². The van der Waals surface area contributed by atoms with Crippen LogP contribution in [0.3, 0.4) is 0 Å². The molecule has 0 spiro atoms. The molecule has 0 fully saturated rings. The van der Waals surface area contributed by atoms with Gasteiger partial charge >= 0.3 is 6.01 Å². The van der Waals surface area contributed by atoms with Crippen molar-refractivity contribution in [3.63, 3.8) is 0 Å². The Balaban J connectivity index is 2.26. The first-order valence-electron chi connectivity index (χ1n) is 5.59. The molecule has 7 nitrogen and oxygen atoms in total. The lowest BCUT2D eigenvalue weighted by molar-refractivity contribution is 0.312. The number of aromatic nitrogens is 3. The van der Waals surface area contributed by atoms with Crippen LogP contribution in [0.4, 0.5) is 17.6 Å². The monoisotopic (exact) mass is 372 g/mol. The average Bonchev–Trinajstić information content (AvgIpc) is 2.39. The van der Waals surface area contributed by atoms with Crippen LogP contribution in [0.5, 0.6) is 6.01 Å². The molecule has 0 aliphatic heterocycles. The van der Waals surface area contributed by atoms with Crippen molar-refractivity contribution in [1.82, 2.24) is 15.0 Å². The summed E-state index contributed by atoms with van der Waals surface area (Å²) in [4.78, 5) is 12.2. The maximum Gasteiger partial charge on any atom is 0.323 e. The number of benzene rings is 1. The molecule has 2 rings (SSSR count). The highest BCUT2D eigenvalue weighted by molar-refractivity contribution is 14.1. The SMILES string of the molecule is CCOc1nc(NN)nc(Nc2cccc(I)c2)n1. The summed E-state index contributed by atoms with van der Waals surface area (Å²) in [6.45, 7) is 2.32. The highest BCUT2D eigenvalue weighted by atomic mass is 127. The minimum Gasteiger partial charge on any atom is -0.464 e. The summed E-state index contributed by atoms with van der Waals surface area (Å²) in [7, 11) is 0. The summed E-state index contributed by atoms with van der Waals surface area (Å²) in [6.07, 6.45) is 0. The first-order chi connectivity index (χ1) is 9.21. The zero-order chi connectivity index (χ0) is 13.7. The van der Waals surface area contributed by atoms with Gasteiger partial charge in [-0.05, 0) is 47.7 Å². The number of anilines is 3. The molecule has 0 aliphatic carbocycles. The molecule has 0 saturated carbocycles. The van der Waals surface area contributed by atoms with E-state index in [1.54, 1.807) is 0 Å². The molecular formula is C11H13IN6O. The van der Waals surface area contributed by atoms with E-state index < -0.39 is 0 Å². The second-order valence-electron chi connectivity index (χ2n) is 3.48. The predicted octanol–water partition coefficient (Wildman–Crippen LogP) is 1.90. The third-order valence-electron chi connectivity index (χ3n) is 2.10. The highest BCUT2D eigenvalue weighted by Gasteiger charge is 2.06. The van der Waals surface area contributed by atoms with Gasteiger partial charge in [-0.1, -0.05) is 6.07 Å². The van der Waals surface area contributed by atoms with E-state index in [4.69, 9.17) is 10.6 Å². The van der Waals surface area contributed by atoms with Gasteiger partial charge in [0.25, 0.3) is 0 Å². The van der Waals surface area contributed by atoms with Gasteiger partial charge < -0.3 is 10.1 Å². The number of nitrogens with one attached hydrogen (secondary N) is 2. The summed E-state index contributed by atoms with van der Waals surface area (Å²) in [5, 5.41) is 3.08. The normalized spacial score (nSPS) is 10.1. The Bertz CT molecular complexity index is 565. The Morgan fingerprint density at radius 1 is 1.26 bits per heavy atom. The molecule has 2 aromatic rings. The maximum atomic E-state index is 5.31. The third kappa shape index (κ3) is 3.89. The van der Waals surface area contributed by atoms with Gasteiger partial charge in [-0.15, -0.1) is 0 Å². The van der Waals surface area contributed by atoms with Crippen molar-refractivity contribution < 1.29 is 4.74 Å². The number of hydrogen-bond acceptors (Lipinski definition) is 7. The first kappa shape index (κ1) is 13.7. The zero-order valence-corrected chi connectivity index (χ0v) is 12.4. The van der Waals surface area contributed by atoms with Gasteiger partial charge in [-0.3, -0.25) is 5.43 Å². The van der Waals surface area contributed by atoms with Crippen LogP contribution >= 0.6 is 22.6 Å². The third-order valence-corrected chi connectivity index (χ3v) is 2.77. The number of halogens is 1. The fourth-order valence-corrected chi connectivity index (χ4v) is 1.91. The molecule has 0 saturated heterocycles. The molecule has 1 heterocycles. The number of nitrogen functional groups attached to an aromatic ring is 1. The van der Waals surface area contributed by atoms with Crippen molar-refractivity contribution in [2.75, 3.05) is 17.3 Å². The van der Waals surface area contributed by atoms with Crippen LogP contribution in [0.2, 0.25) is 0 Å². The van der Waals surface area contributed by atoms with Crippen molar-refractivity contribution in [1.29, 1.82) is 0 Å². The van der Waals surface area contributed by atoms with Gasteiger partial charge in [0.2, 0.25) is 11.9 Å². The van der Waals surface area contributed by atoms with E-state index in [1.165, 1.54) is 0 Å². The fourth-order valence-electron chi connectivity index (χ4n) is 1.37. The van der Waals surface area contributed by atoms with Crippen molar-refractivity contribution in [3.05, 3.63) is 27.8 Å². The van der Waals surface area contributed by atoms with E-state index in [-0.39, 0.29) is 12.0 Å². The Hall–Kier alpha value is -1.68. The van der Waals surface area contributed by atoms with Gasteiger partial charge in [-0.25, -0.2) is 5.84 Å². The molecule has 19 heavy (non-hydrogen) atoms. The molecule has 0 amide bonds. The first-order valence-corrected chi connectivity index (χ1v) is 6.67. The molecule has 100 valence electrons. The van der Waals surface area contributed by atoms with Crippen LogP contribution in [-0.2, 0) is 0 Å². The molecule has 0 atom stereocenters. The summed E-state index contributed by atoms with van der Waals surface area (Å²) >= 11 is 2.23. The number of ether oxygens (including phenoxy) is 1. The second-order valence-corrected chi connectivity index (χ2v) is 4.72. The highest BCUT2D eigenvalue weighted by Crippen LogP contribution is 2.18. The van der Waals surface area contributed by atoms with Crippen LogP contribution in [-0.4, -0.2) is 21.6 Å². The van der Waals surface area contributed by atoms with E-state index in [0.29, 0.717) is 12.6 Å². The molecular weight excluding hydrogens is 359 g/mol. The number of hydrogen-bond donors (Lipinski definition) is 3. The van der Waals surface area contributed by atoms with E-state index in [9.17, 15) is 0 Å². The Kier molecular flexibility index (Phi) is 4.68. The number of nitrogens with two attached hydrogens (primary N) is 1. The molecule has 0 aliphatic rings. The quantitative estimate of drug-likeness (QED) is 0.419. The summed E-state index contributed by atoms with van der Waals surface area (Å²) in [5.41, 5.74) is 3.26. The maximum absolute atomic E-state index is 5.31. The lowest BCUT2D eigenvalue weighted by Gasteiger charge is -2.08. The largest absolute Gasteiger partial charge is 0.464 e. The van der Waals surface area contributed by atoms with Crippen LogP contribution in [0.25, 0.3) is 0 Å². The Morgan fingerprint density at radius 3 is 2.74 bits per heavy atom. The predicted molar refractivity (Wildman–Crippen MR) is 81.2 cm³/mol. The molecule has 0 unspecified atom stereocenters. The van der Waals surface area contributed by atoms with E-state index in [0.717, 1.165) is 9.26 Å². The number of nitrogens with zero attached hydrogens (tertiary/aromatic N) is 3. The van der Waals surface area contributed by atoms with Crippen molar-refractivity contribution in [2.24, 2.45) is 5.84 Å². The van der Waals surface area contributed by atoms with Crippen molar-refractivity contribution in [3.8, 4) is 6.01 Å². The lowest BCUT2D eigenvalue weighted by Crippen LogP contribution is -2.13. The van der Waals surface area contributed by atoms with E-state index in [1.807, 2.05) is 31.2 Å². The van der Waals surface area contributed by atoms with Crippen molar-refractivity contribution >= 4 is 40.2 Å².